The lowest BCUT2D eigenvalue weighted by Gasteiger charge is -2.33. The van der Waals surface area contributed by atoms with Crippen molar-refractivity contribution in [3.05, 3.63) is 53.4 Å². The molecule has 6 nitrogen and oxygen atoms in total. The number of amides is 1. The Morgan fingerprint density at radius 2 is 2.23 bits per heavy atom. The minimum atomic E-state index is -0.460. The number of carbonyl (C=O) groups excluding carboxylic acids is 1. The molecule has 0 bridgehead atoms. The summed E-state index contributed by atoms with van der Waals surface area (Å²) >= 11 is 0. The molecule has 138 valence electrons. The van der Waals surface area contributed by atoms with Gasteiger partial charge in [0, 0.05) is 24.5 Å². The van der Waals surface area contributed by atoms with Gasteiger partial charge in [-0.25, -0.2) is 14.4 Å². The van der Waals surface area contributed by atoms with Crippen molar-refractivity contribution in [1.29, 1.82) is 0 Å². The molecular formula is C19H22FN3O3. The maximum Gasteiger partial charge on any atom is 0.257 e. The molecule has 0 spiro atoms. The lowest BCUT2D eigenvalue weighted by atomic mass is 10.1. The first kappa shape index (κ1) is 18.3. The van der Waals surface area contributed by atoms with Gasteiger partial charge in [0.1, 0.15) is 17.9 Å². The molecule has 2 aromatic rings. The zero-order valence-corrected chi connectivity index (χ0v) is 14.9. The number of nitrogens with zero attached hydrogens (tertiary/aromatic N) is 3. The van der Waals surface area contributed by atoms with Crippen LogP contribution in [0.15, 0.2) is 30.6 Å². The number of aryl methyl sites for hydroxylation is 2. The predicted molar refractivity (Wildman–Crippen MR) is 93.7 cm³/mol. The average Bonchev–Trinajstić information content (AvgIpc) is 2.66. The number of hydrogen-bond donors (Lipinski definition) is 0. The van der Waals surface area contributed by atoms with Crippen LogP contribution in [0.2, 0.25) is 0 Å². The van der Waals surface area contributed by atoms with Crippen molar-refractivity contribution in [2.75, 3.05) is 26.8 Å². The first-order valence-corrected chi connectivity index (χ1v) is 8.58. The van der Waals surface area contributed by atoms with Gasteiger partial charge in [0.05, 0.1) is 25.4 Å². The van der Waals surface area contributed by atoms with Gasteiger partial charge in [0.25, 0.3) is 5.91 Å². The van der Waals surface area contributed by atoms with Crippen LogP contribution in [0.1, 0.15) is 28.2 Å². The van der Waals surface area contributed by atoms with Gasteiger partial charge in [-0.1, -0.05) is 0 Å². The molecule has 0 radical (unpaired) electrons. The Morgan fingerprint density at radius 1 is 1.38 bits per heavy atom. The molecule has 1 atom stereocenters. The molecule has 2 heterocycles. The number of benzene rings is 1. The summed E-state index contributed by atoms with van der Waals surface area (Å²) in [7, 11) is 1.47. The average molecular weight is 359 g/mol. The topological polar surface area (TPSA) is 64.5 Å². The summed E-state index contributed by atoms with van der Waals surface area (Å²) in [6.07, 6.45) is 2.97. The SMILES string of the molecule is COc1ccc(F)cc1C(=O)N1CCO[C@H](CCc2cc(C)ncn2)C1. The van der Waals surface area contributed by atoms with Gasteiger partial charge in [0.15, 0.2) is 0 Å². The Kier molecular flexibility index (Phi) is 5.78. The fourth-order valence-electron chi connectivity index (χ4n) is 3.05. The molecule has 1 aliphatic heterocycles. The second kappa shape index (κ2) is 8.23. The zero-order valence-electron chi connectivity index (χ0n) is 14.9. The van der Waals surface area contributed by atoms with Gasteiger partial charge in [-0.15, -0.1) is 0 Å². The normalized spacial score (nSPS) is 17.2. The number of morpholine rings is 1. The molecule has 0 N–H and O–H groups in total. The van der Waals surface area contributed by atoms with Crippen molar-refractivity contribution in [2.24, 2.45) is 0 Å². The van der Waals surface area contributed by atoms with E-state index in [1.165, 1.54) is 25.3 Å². The van der Waals surface area contributed by atoms with E-state index in [1.54, 1.807) is 11.2 Å². The summed E-state index contributed by atoms with van der Waals surface area (Å²) in [4.78, 5) is 22.8. The number of aromatic nitrogens is 2. The van der Waals surface area contributed by atoms with Crippen molar-refractivity contribution >= 4 is 5.91 Å². The molecule has 1 aromatic heterocycles. The third-order valence-electron chi connectivity index (χ3n) is 4.40. The molecule has 0 unspecified atom stereocenters. The highest BCUT2D eigenvalue weighted by Crippen LogP contribution is 2.23. The van der Waals surface area contributed by atoms with Crippen LogP contribution in [0.25, 0.3) is 0 Å². The van der Waals surface area contributed by atoms with E-state index >= 15 is 0 Å². The van der Waals surface area contributed by atoms with Crippen molar-refractivity contribution in [2.45, 2.75) is 25.9 Å². The Hall–Kier alpha value is -2.54. The van der Waals surface area contributed by atoms with E-state index in [2.05, 4.69) is 9.97 Å². The number of methoxy groups -OCH3 is 1. The minimum absolute atomic E-state index is 0.0810. The number of ether oxygens (including phenoxy) is 2. The van der Waals surface area contributed by atoms with Crippen LogP contribution in [0.5, 0.6) is 5.75 Å². The standard InChI is InChI=1S/C19H22FN3O3/c1-13-9-15(22-12-21-13)4-5-16-11-23(7-8-26-16)19(24)17-10-14(20)3-6-18(17)25-2/h3,6,9-10,12,16H,4-5,7-8,11H2,1-2H3/t16-/m1/s1. The Morgan fingerprint density at radius 3 is 3.00 bits per heavy atom. The zero-order chi connectivity index (χ0) is 18.5. The highest BCUT2D eigenvalue weighted by molar-refractivity contribution is 5.97. The maximum atomic E-state index is 13.6. The van der Waals surface area contributed by atoms with Crippen LogP contribution in [0, 0.1) is 12.7 Å². The highest BCUT2D eigenvalue weighted by atomic mass is 19.1. The molecule has 1 saturated heterocycles. The number of hydrogen-bond acceptors (Lipinski definition) is 5. The van der Waals surface area contributed by atoms with E-state index in [0.29, 0.717) is 25.4 Å². The van der Waals surface area contributed by atoms with E-state index in [1.807, 2.05) is 13.0 Å². The summed E-state index contributed by atoms with van der Waals surface area (Å²) in [5.74, 6) is -0.332. The Labute approximate surface area is 152 Å². The van der Waals surface area contributed by atoms with Crippen LogP contribution in [0.3, 0.4) is 0 Å². The van der Waals surface area contributed by atoms with Crippen molar-refractivity contribution in [3.8, 4) is 5.75 Å². The van der Waals surface area contributed by atoms with Crippen LogP contribution in [0.4, 0.5) is 4.39 Å². The third-order valence-corrected chi connectivity index (χ3v) is 4.40. The van der Waals surface area contributed by atoms with Gasteiger partial charge >= 0.3 is 0 Å². The molecule has 26 heavy (non-hydrogen) atoms. The molecular weight excluding hydrogens is 337 g/mol. The van der Waals surface area contributed by atoms with E-state index in [9.17, 15) is 9.18 Å². The molecule has 0 saturated carbocycles. The summed E-state index contributed by atoms with van der Waals surface area (Å²) < 4.78 is 24.5. The second-order valence-corrected chi connectivity index (χ2v) is 6.28. The van der Waals surface area contributed by atoms with Gasteiger partial charge < -0.3 is 14.4 Å². The van der Waals surface area contributed by atoms with Crippen LogP contribution in [-0.4, -0.2) is 53.7 Å². The predicted octanol–water partition coefficient (Wildman–Crippen LogP) is 2.41. The fraction of sp³-hybridized carbons (Fsp3) is 0.421. The molecule has 1 amide bonds. The quantitative estimate of drug-likeness (QED) is 0.820. The first-order valence-electron chi connectivity index (χ1n) is 8.58. The minimum Gasteiger partial charge on any atom is -0.496 e. The maximum absolute atomic E-state index is 13.6. The number of carbonyl (C=O) groups is 1. The van der Waals surface area contributed by atoms with E-state index in [0.717, 1.165) is 24.2 Å². The van der Waals surface area contributed by atoms with Crippen LogP contribution >= 0.6 is 0 Å². The molecule has 1 fully saturated rings. The summed E-state index contributed by atoms with van der Waals surface area (Å²) in [5.41, 5.74) is 2.12. The smallest absolute Gasteiger partial charge is 0.257 e. The number of halogens is 1. The molecule has 7 heteroatoms. The first-order chi connectivity index (χ1) is 12.6. The van der Waals surface area contributed by atoms with Crippen molar-refractivity contribution in [1.82, 2.24) is 14.9 Å². The van der Waals surface area contributed by atoms with Crippen LogP contribution < -0.4 is 4.74 Å². The lowest BCUT2D eigenvalue weighted by Crippen LogP contribution is -2.45. The van der Waals surface area contributed by atoms with Crippen LogP contribution in [-0.2, 0) is 11.2 Å². The Bertz CT molecular complexity index is 784. The Balaban J connectivity index is 1.64. The molecule has 1 aliphatic rings. The monoisotopic (exact) mass is 359 g/mol. The number of rotatable bonds is 5. The van der Waals surface area contributed by atoms with Crippen molar-refractivity contribution in [3.63, 3.8) is 0 Å². The summed E-state index contributed by atoms with van der Waals surface area (Å²) in [6.45, 7) is 3.32. The van der Waals surface area contributed by atoms with Gasteiger partial charge in [-0.2, -0.15) is 0 Å². The molecule has 3 rings (SSSR count). The summed E-state index contributed by atoms with van der Waals surface area (Å²) in [6, 6.07) is 5.91. The third kappa shape index (κ3) is 4.35. The van der Waals surface area contributed by atoms with Gasteiger partial charge in [-0.3, -0.25) is 4.79 Å². The van der Waals surface area contributed by atoms with Crippen molar-refractivity contribution < 1.29 is 18.7 Å². The largest absolute Gasteiger partial charge is 0.496 e. The molecule has 0 aliphatic carbocycles. The van der Waals surface area contributed by atoms with Gasteiger partial charge in [-0.05, 0) is 44.0 Å². The van der Waals surface area contributed by atoms with E-state index < -0.39 is 5.82 Å². The van der Waals surface area contributed by atoms with E-state index in [4.69, 9.17) is 9.47 Å². The lowest BCUT2D eigenvalue weighted by molar-refractivity contribution is -0.0247. The highest BCUT2D eigenvalue weighted by Gasteiger charge is 2.27. The summed E-state index contributed by atoms with van der Waals surface area (Å²) in [5, 5.41) is 0. The second-order valence-electron chi connectivity index (χ2n) is 6.28. The van der Waals surface area contributed by atoms with Gasteiger partial charge in [0.2, 0.25) is 0 Å². The van der Waals surface area contributed by atoms with E-state index in [-0.39, 0.29) is 17.6 Å². The fourth-order valence-corrected chi connectivity index (χ4v) is 3.05. The molecule has 1 aromatic carbocycles.